The molecular weight excluding hydrogens is 286 g/mol. The van der Waals surface area contributed by atoms with Gasteiger partial charge in [0, 0.05) is 5.02 Å². The van der Waals surface area contributed by atoms with Crippen LogP contribution < -0.4 is 11.0 Å². The normalized spacial score (nSPS) is 12.7. The molecule has 0 aliphatic carbocycles. The van der Waals surface area contributed by atoms with E-state index < -0.39 is 0 Å². The molecule has 3 rings (SSSR count). The molecule has 0 amide bonds. The van der Waals surface area contributed by atoms with Crippen molar-refractivity contribution in [1.82, 2.24) is 15.3 Å². The molecule has 1 atom stereocenters. The van der Waals surface area contributed by atoms with Crippen LogP contribution in [0.5, 0.6) is 0 Å². The number of aromatic nitrogens is 2. The molecule has 0 aliphatic heterocycles. The second-order valence-electron chi connectivity index (χ2n) is 5.11. The average Bonchev–Trinajstić information content (AvgIpc) is 2.83. The van der Waals surface area contributed by atoms with Gasteiger partial charge in [0.05, 0.1) is 17.1 Å². The Bertz CT molecular complexity index is 850. The molecule has 0 aliphatic rings. The summed E-state index contributed by atoms with van der Waals surface area (Å²) in [6.07, 6.45) is 0. The third-order valence-corrected chi connectivity index (χ3v) is 4.10. The van der Waals surface area contributed by atoms with Crippen molar-refractivity contribution in [3.8, 4) is 0 Å². The highest BCUT2D eigenvalue weighted by molar-refractivity contribution is 6.31. The van der Waals surface area contributed by atoms with Gasteiger partial charge in [0.25, 0.3) is 0 Å². The minimum atomic E-state index is -0.189. The van der Waals surface area contributed by atoms with Crippen LogP contribution in [0.4, 0.5) is 0 Å². The van der Waals surface area contributed by atoms with Gasteiger partial charge < -0.3 is 15.3 Å². The predicted octanol–water partition coefficient (Wildman–Crippen LogP) is 3.13. The summed E-state index contributed by atoms with van der Waals surface area (Å²) in [4.78, 5) is 16.9. The second kappa shape index (κ2) is 5.39. The van der Waals surface area contributed by atoms with Gasteiger partial charge in [-0.2, -0.15) is 0 Å². The molecule has 21 heavy (non-hydrogen) atoms. The van der Waals surface area contributed by atoms with Gasteiger partial charge in [-0.1, -0.05) is 29.8 Å². The van der Waals surface area contributed by atoms with Crippen molar-refractivity contribution in [3.05, 3.63) is 68.6 Å². The maximum atomic E-state index is 11.4. The number of aromatic amines is 2. The Morgan fingerprint density at radius 2 is 1.71 bits per heavy atom. The lowest BCUT2D eigenvalue weighted by Gasteiger charge is -2.18. The van der Waals surface area contributed by atoms with Crippen LogP contribution in [0.2, 0.25) is 5.02 Å². The van der Waals surface area contributed by atoms with Crippen molar-refractivity contribution < 1.29 is 0 Å². The molecule has 0 saturated heterocycles. The number of aryl methyl sites for hydroxylation is 1. The first-order valence-electron chi connectivity index (χ1n) is 6.74. The van der Waals surface area contributed by atoms with Gasteiger partial charge in [-0.3, -0.25) is 0 Å². The Morgan fingerprint density at radius 1 is 1.05 bits per heavy atom. The van der Waals surface area contributed by atoms with Crippen LogP contribution in [0.3, 0.4) is 0 Å². The van der Waals surface area contributed by atoms with Crippen LogP contribution in [0, 0.1) is 6.92 Å². The Kier molecular flexibility index (Phi) is 3.57. The molecular formula is C16H16ClN3O. The topological polar surface area (TPSA) is 60.7 Å². The van der Waals surface area contributed by atoms with E-state index in [1.165, 1.54) is 0 Å². The Hall–Kier alpha value is -2.04. The molecule has 0 radical (unpaired) electrons. The van der Waals surface area contributed by atoms with Crippen molar-refractivity contribution in [2.75, 3.05) is 7.05 Å². The molecule has 5 heteroatoms. The molecule has 0 spiro atoms. The first-order valence-corrected chi connectivity index (χ1v) is 7.11. The van der Waals surface area contributed by atoms with Gasteiger partial charge in [0.15, 0.2) is 0 Å². The molecule has 1 unspecified atom stereocenters. The number of benzene rings is 2. The highest BCUT2D eigenvalue weighted by atomic mass is 35.5. The number of hydrogen-bond donors (Lipinski definition) is 3. The number of fused-ring (bicyclic) bond motifs is 1. The molecule has 4 nitrogen and oxygen atoms in total. The van der Waals surface area contributed by atoms with Gasteiger partial charge in [-0.05, 0) is 48.9 Å². The van der Waals surface area contributed by atoms with E-state index in [-0.39, 0.29) is 11.7 Å². The third kappa shape index (κ3) is 2.60. The van der Waals surface area contributed by atoms with Gasteiger partial charge >= 0.3 is 5.69 Å². The largest absolute Gasteiger partial charge is 0.323 e. The highest BCUT2D eigenvalue weighted by Crippen LogP contribution is 2.26. The van der Waals surface area contributed by atoms with Crippen LogP contribution in [-0.2, 0) is 0 Å². The summed E-state index contributed by atoms with van der Waals surface area (Å²) in [5.74, 6) is 0. The standard InChI is InChI=1S/C16H16ClN3O/c1-9-7-10(3-5-12(9)17)15(18-2)11-4-6-13-14(8-11)20-16(21)19-13/h3-8,15,18H,1-2H3,(H2,19,20,21). The number of imidazole rings is 1. The Morgan fingerprint density at radius 3 is 2.43 bits per heavy atom. The predicted molar refractivity (Wildman–Crippen MR) is 86.0 cm³/mol. The summed E-state index contributed by atoms with van der Waals surface area (Å²) < 4.78 is 0. The van der Waals surface area contributed by atoms with Crippen molar-refractivity contribution in [1.29, 1.82) is 0 Å². The fourth-order valence-electron chi connectivity index (χ4n) is 2.60. The van der Waals surface area contributed by atoms with Crippen LogP contribution in [0.1, 0.15) is 22.7 Å². The molecule has 0 fully saturated rings. The zero-order valence-electron chi connectivity index (χ0n) is 11.8. The van der Waals surface area contributed by atoms with E-state index in [1.54, 1.807) is 0 Å². The number of hydrogen-bond acceptors (Lipinski definition) is 2. The SMILES string of the molecule is CNC(c1ccc(Cl)c(C)c1)c1ccc2[nH]c(=O)[nH]c2c1. The van der Waals surface area contributed by atoms with Crippen LogP contribution in [0.15, 0.2) is 41.2 Å². The molecule has 3 aromatic rings. The third-order valence-electron chi connectivity index (χ3n) is 3.68. The van der Waals surface area contributed by atoms with Crippen molar-refractivity contribution in [2.45, 2.75) is 13.0 Å². The number of H-pyrrole nitrogens is 2. The van der Waals surface area contributed by atoms with Crippen molar-refractivity contribution in [3.63, 3.8) is 0 Å². The van der Waals surface area contributed by atoms with Crippen LogP contribution >= 0.6 is 11.6 Å². The number of nitrogens with one attached hydrogen (secondary N) is 3. The van der Waals surface area contributed by atoms with Gasteiger partial charge in [-0.15, -0.1) is 0 Å². The first kappa shape index (κ1) is 13.9. The smallest absolute Gasteiger partial charge is 0.309 e. The monoisotopic (exact) mass is 301 g/mol. The van der Waals surface area contributed by atoms with Gasteiger partial charge in [0.2, 0.25) is 0 Å². The summed E-state index contributed by atoms with van der Waals surface area (Å²) in [7, 11) is 1.92. The molecule has 1 aromatic heterocycles. The van der Waals surface area contributed by atoms with E-state index in [4.69, 9.17) is 11.6 Å². The molecule has 0 saturated carbocycles. The minimum absolute atomic E-state index is 0.0452. The lowest BCUT2D eigenvalue weighted by Crippen LogP contribution is -2.17. The van der Waals surface area contributed by atoms with E-state index in [1.807, 2.05) is 44.3 Å². The first-order chi connectivity index (χ1) is 10.1. The molecule has 1 heterocycles. The van der Waals surface area contributed by atoms with E-state index in [9.17, 15) is 4.79 Å². The van der Waals surface area contributed by atoms with Crippen molar-refractivity contribution >= 4 is 22.6 Å². The summed E-state index contributed by atoms with van der Waals surface area (Å²) in [6, 6.07) is 12.0. The highest BCUT2D eigenvalue weighted by Gasteiger charge is 2.14. The minimum Gasteiger partial charge on any atom is -0.309 e. The zero-order chi connectivity index (χ0) is 15.0. The molecule has 3 N–H and O–H groups in total. The summed E-state index contributed by atoms with van der Waals surface area (Å²) >= 11 is 6.09. The van der Waals surface area contributed by atoms with E-state index >= 15 is 0 Å². The van der Waals surface area contributed by atoms with Crippen LogP contribution in [0.25, 0.3) is 11.0 Å². The summed E-state index contributed by atoms with van der Waals surface area (Å²) in [5, 5.41) is 4.07. The van der Waals surface area contributed by atoms with Crippen LogP contribution in [-0.4, -0.2) is 17.0 Å². The number of rotatable bonds is 3. The van der Waals surface area contributed by atoms with Gasteiger partial charge in [-0.25, -0.2) is 4.79 Å². The maximum Gasteiger partial charge on any atom is 0.323 e. The molecule has 0 bridgehead atoms. The lowest BCUT2D eigenvalue weighted by atomic mass is 9.97. The number of halogens is 1. The van der Waals surface area contributed by atoms with E-state index in [0.717, 1.165) is 32.7 Å². The molecule has 2 aromatic carbocycles. The fourth-order valence-corrected chi connectivity index (χ4v) is 2.72. The Labute approximate surface area is 127 Å². The average molecular weight is 302 g/mol. The van der Waals surface area contributed by atoms with E-state index in [0.29, 0.717) is 0 Å². The summed E-state index contributed by atoms with van der Waals surface area (Å²) in [5.41, 5.74) is 4.70. The summed E-state index contributed by atoms with van der Waals surface area (Å²) in [6.45, 7) is 1.99. The van der Waals surface area contributed by atoms with Crippen molar-refractivity contribution in [2.24, 2.45) is 0 Å². The Balaban J connectivity index is 2.08. The quantitative estimate of drug-likeness (QED) is 0.696. The van der Waals surface area contributed by atoms with Gasteiger partial charge in [0.1, 0.15) is 0 Å². The lowest BCUT2D eigenvalue weighted by molar-refractivity contribution is 0.692. The fraction of sp³-hybridized carbons (Fsp3) is 0.188. The van der Waals surface area contributed by atoms with E-state index in [2.05, 4.69) is 21.4 Å². The molecule has 108 valence electrons. The zero-order valence-corrected chi connectivity index (χ0v) is 12.6. The maximum absolute atomic E-state index is 11.4. The second-order valence-corrected chi connectivity index (χ2v) is 5.52.